The molecule has 5 nitrogen and oxygen atoms in total. The third-order valence-electron chi connectivity index (χ3n) is 6.63. The molecule has 0 spiro atoms. The molecule has 2 atom stereocenters. The number of nitrogens with one attached hydrogen (secondary N) is 1. The number of thiol groups is 1. The largest absolute Gasteiger partial charge is 0.416 e. The lowest BCUT2D eigenvalue weighted by Crippen LogP contribution is -2.42. The maximum absolute atomic E-state index is 13.0. The Hall–Kier alpha value is -1.29. The molecule has 2 heterocycles. The van der Waals surface area contributed by atoms with Gasteiger partial charge in [-0.2, -0.15) is 25.8 Å². The van der Waals surface area contributed by atoms with Gasteiger partial charge < -0.3 is 19.7 Å². The Morgan fingerprint density at radius 1 is 1.18 bits per heavy atom. The molecule has 0 aromatic heterocycles. The van der Waals surface area contributed by atoms with E-state index in [1.165, 1.54) is 6.07 Å². The zero-order valence-electron chi connectivity index (χ0n) is 19.2. The first-order valence-electron chi connectivity index (χ1n) is 11.7. The molecule has 2 unspecified atom stereocenters. The van der Waals surface area contributed by atoms with Crippen molar-refractivity contribution in [3.63, 3.8) is 0 Å². The van der Waals surface area contributed by atoms with Crippen molar-refractivity contribution in [1.29, 1.82) is 0 Å². The Labute approximate surface area is 199 Å². The molecule has 3 aliphatic rings. The molecule has 9 heteroatoms. The van der Waals surface area contributed by atoms with E-state index in [-0.39, 0.29) is 18.4 Å². The lowest BCUT2D eigenvalue weighted by molar-refractivity contribution is -0.137. The first kappa shape index (κ1) is 26.3. The molecule has 2 aliphatic heterocycles. The number of fused-ring (bicyclic) bond motifs is 1. The number of rotatable bonds is 5. The smallest absolute Gasteiger partial charge is 0.384 e. The van der Waals surface area contributed by atoms with Crippen LogP contribution in [0.25, 0.3) is 0 Å². The number of carbonyl (C=O) groups is 1. The monoisotopic (exact) mass is 488 g/mol. The molecule has 0 radical (unpaired) electrons. The number of carbonyl (C=O) groups excluding carboxylic acids is 1. The second-order valence-electron chi connectivity index (χ2n) is 8.97. The predicted octanol–water partition coefficient (Wildman–Crippen LogP) is 4.09. The quantitative estimate of drug-likeness (QED) is 0.613. The Bertz CT molecular complexity index is 770. The molecule has 4 rings (SSSR count). The van der Waals surface area contributed by atoms with Crippen LogP contribution >= 0.6 is 12.6 Å². The van der Waals surface area contributed by atoms with Crippen LogP contribution in [0, 0.1) is 5.92 Å². The summed E-state index contributed by atoms with van der Waals surface area (Å²) in [6.45, 7) is 3.21. The summed E-state index contributed by atoms with van der Waals surface area (Å²) in [6, 6.07) is 4.73. The van der Waals surface area contributed by atoms with Crippen LogP contribution in [0.2, 0.25) is 0 Å². The highest BCUT2D eigenvalue weighted by molar-refractivity contribution is 7.80. The predicted molar refractivity (Wildman–Crippen MR) is 124 cm³/mol. The van der Waals surface area contributed by atoms with E-state index < -0.39 is 11.7 Å². The number of alkyl halides is 3. The van der Waals surface area contributed by atoms with Crippen LogP contribution in [0.4, 0.5) is 13.2 Å². The standard InChI is InChI=1S/C21H27F3N2O2.C3H8OS/c22-21(23,24)17-3-1-14-5-8-26(13-16(14)11-17)20(27)15-2-4-19(12-15)25-18-6-9-28-10-7-18;1-4-2-3-5/h1,3,11,15,18-19,25H,2,4-10,12-13H2;5H,2-3H2,1H3. The van der Waals surface area contributed by atoms with Gasteiger partial charge in [-0.25, -0.2) is 0 Å². The van der Waals surface area contributed by atoms with E-state index in [2.05, 4.69) is 22.7 Å². The fourth-order valence-electron chi connectivity index (χ4n) is 4.83. The second-order valence-corrected chi connectivity index (χ2v) is 9.41. The summed E-state index contributed by atoms with van der Waals surface area (Å²) in [4.78, 5) is 14.7. The first-order chi connectivity index (χ1) is 15.8. The van der Waals surface area contributed by atoms with Gasteiger partial charge in [0.2, 0.25) is 5.91 Å². The zero-order valence-corrected chi connectivity index (χ0v) is 20.1. The average molecular weight is 489 g/mol. The molecule has 1 aromatic carbocycles. The van der Waals surface area contributed by atoms with E-state index in [9.17, 15) is 18.0 Å². The molecule has 1 amide bonds. The fraction of sp³-hybridized carbons (Fsp3) is 0.708. The van der Waals surface area contributed by atoms with Gasteiger partial charge in [-0.3, -0.25) is 4.79 Å². The maximum Gasteiger partial charge on any atom is 0.416 e. The van der Waals surface area contributed by atoms with Crippen LogP contribution in [0.1, 0.15) is 48.8 Å². The third kappa shape index (κ3) is 7.60. The second kappa shape index (κ2) is 12.4. The molecule has 1 aliphatic carbocycles. The van der Waals surface area contributed by atoms with Crippen molar-refractivity contribution in [2.45, 2.75) is 63.3 Å². The van der Waals surface area contributed by atoms with Gasteiger partial charge in [0, 0.05) is 57.2 Å². The summed E-state index contributed by atoms with van der Waals surface area (Å²) < 4.78 is 49.0. The summed E-state index contributed by atoms with van der Waals surface area (Å²) >= 11 is 3.88. The number of hydrogen-bond donors (Lipinski definition) is 2. The Kier molecular flexibility index (Phi) is 9.91. The normalized spacial score (nSPS) is 23.6. The van der Waals surface area contributed by atoms with Crippen molar-refractivity contribution < 1.29 is 27.4 Å². The van der Waals surface area contributed by atoms with E-state index in [1.807, 2.05) is 0 Å². The molecule has 1 N–H and O–H groups in total. The average Bonchev–Trinajstić information content (AvgIpc) is 3.27. The van der Waals surface area contributed by atoms with Gasteiger partial charge in [-0.05, 0) is 61.8 Å². The maximum atomic E-state index is 13.0. The minimum Gasteiger partial charge on any atom is -0.384 e. The van der Waals surface area contributed by atoms with Gasteiger partial charge in [0.05, 0.1) is 12.2 Å². The third-order valence-corrected chi connectivity index (χ3v) is 6.81. The molecule has 1 aromatic rings. The highest BCUT2D eigenvalue weighted by Crippen LogP contribution is 2.34. The number of ether oxygens (including phenoxy) is 2. The highest BCUT2D eigenvalue weighted by Gasteiger charge is 2.36. The summed E-state index contributed by atoms with van der Waals surface area (Å²) in [7, 11) is 1.66. The molecular formula is C24H35F3N2O3S. The van der Waals surface area contributed by atoms with Crippen LogP contribution in [0.15, 0.2) is 18.2 Å². The van der Waals surface area contributed by atoms with E-state index in [4.69, 9.17) is 4.74 Å². The molecule has 0 bridgehead atoms. The number of methoxy groups -OCH3 is 1. The van der Waals surface area contributed by atoms with Crippen molar-refractivity contribution in [2.75, 3.05) is 39.2 Å². The van der Waals surface area contributed by atoms with Crippen molar-refractivity contribution >= 4 is 18.5 Å². The minimum absolute atomic E-state index is 0.0234. The minimum atomic E-state index is -4.35. The van der Waals surface area contributed by atoms with E-state index in [0.717, 1.165) is 69.3 Å². The van der Waals surface area contributed by atoms with Crippen LogP contribution < -0.4 is 5.32 Å². The fourth-order valence-corrected chi connectivity index (χ4v) is 5.01. The van der Waals surface area contributed by atoms with Gasteiger partial charge in [0.25, 0.3) is 0 Å². The summed E-state index contributed by atoms with van der Waals surface area (Å²) in [5.74, 6) is 0.889. The van der Waals surface area contributed by atoms with Gasteiger partial charge >= 0.3 is 6.18 Å². The van der Waals surface area contributed by atoms with Crippen LogP contribution in [-0.4, -0.2) is 62.1 Å². The summed E-state index contributed by atoms with van der Waals surface area (Å²) in [5.41, 5.74) is 0.911. The number of amides is 1. The number of halogens is 3. The Balaban J connectivity index is 0.000000555. The Morgan fingerprint density at radius 3 is 2.58 bits per heavy atom. The number of nitrogens with zero attached hydrogens (tertiary/aromatic N) is 1. The lowest BCUT2D eigenvalue weighted by atomic mass is 9.95. The van der Waals surface area contributed by atoms with Crippen LogP contribution in [0.5, 0.6) is 0 Å². The highest BCUT2D eigenvalue weighted by atomic mass is 32.1. The van der Waals surface area contributed by atoms with Crippen molar-refractivity contribution in [2.24, 2.45) is 5.92 Å². The molecule has 1 saturated carbocycles. The van der Waals surface area contributed by atoms with Gasteiger partial charge in [-0.15, -0.1) is 0 Å². The Morgan fingerprint density at radius 2 is 1.94 bits per heavy atom. The van der Waals surface area contributed by atoms with Crippen molar-refractivity contribution in [3.8, 4) is 0 Å². The summed E-state index contributed by atoms with van der Waals surface area (Å²) in [6.07, 6.45) is 0.953. The number of benzene rings is 1. The van der Waals surface area contributed by atoms with Gasteiger partial charge in [0.1, 0.15) is 0 Å². The molecular weight excluding hydrogens is 453 g/mol. The van der Waals surface area contributed by atoms with Crippen molar-refractivity contribution in [3.05, 3.63) is 34.9 Å². The van der Waals surface area contributed by atoms with Crippen molar-refractivity contribution in [1.82, 2.24) is 10.2 Å². The van der Waals surface area contributed by atoms with E-state index in [1.54, 1.807) is 18.1 Å². The lowest BCUT2D eigenvalue weighted by Gasteiger charge is -2.31. The van der Waals surface area contributed by atoms with E-state index in [0.29, 0.717) is 30.6 Å². The number of hydrogen-bond acceptors (Lipinski definition) is 5. The SMILES string of the molecule is COCCS.O=C(C1CCC(NC2CCOCC2)C1)N1CCc2ccc(C(F)(F)F)cc2C1. The molecule has 33 heavy (non-hydrogen) atoms. The zero-order chi connectivity index (χ0) is 23.8. The molecule has 1 saturated heterocycles. The van der Waals surface area contributed by atoms with E-state index >= 15 is 0 Å². The molecule has 2 fully saturated rings. The first-order valence-corrected chi connectivity index (χ1v) is 12.4. The topological polar surface area (TPSA) is 50.8 Å². The van der Waals surface area contributed by atoms with Crippen LogP contribution in [0.3, 0.4) is 0 Å². The van der Waals surface area contributed by atoms with Crippen LogP contribution in [-0.2, 0) is 33.4 Å². The molecule has 186 valence electrons. The summed E-state index contributed by atoms with van der Waals surface area (Å²) in [5, 5.41) is 3.67. The van der Waals surface area contributed by atoms with Gasteiger partial charge in [0.15, 0.2) is 0 Å². The van der Waals surface area contributed by atoms with Gasteiger partial charge in [-0.1, -0.05) is 6.07 Å².